The standard InChI is InChI=1S/C16H14Br2N2O/c1-2-12-10-19(9-11-6-4-3-5-7-11)16(21)14-8-13(17)15(18)20(12)14/h2-8,12H,1,9-10H2/t12-/m1/s1. The van der Waals surface area contributed by atoms with Crippen molar-refractivity contribution in [2.75, 3.05) is 6.54 Å². The van der Waals surface area contributed by atoms with E-state index in [4.69, 9.17) is 0 Å². The van der Waals surface area contributed by atoms with Crippen LogP contribution in [-0.2, 0) is 6.54 Å². The van der Waals surface area contributed by atoms with Gasteiger partial charge in [0.1, 0.15) is 10.3 Å². The lowest BCUT2D eigenvalue weighted by atomic mass is 10.1. The zero-order chi connectivity index (χ0) is 15.0. The molecule has 0 unspecified atom stereocenters. The first kappa shape index (κ1) is 14.6. The monoisotopic (exact) mass is 408 g/mol. The molecule has 0 bridgehead atoms. The molecule has 0 saturated carbocycles. The summed E-state index contributed by atoms with van der Waals surface area (Å²) in [4.78, 5) is 14.5. The molecule has 2 aromatic rings. The lowest BCUT2D eigenvalue weighted by molar-refractivity contribution is 0.0672. The minimum Gasteiger partial charge on any atom is -0.331 e. The number of hydrogen-bond acceptors (Lipinski definition) is 1. The van der Waals surface area contributed by atoms with Crippen LogP contribution in [-0.4, -0.2) is 21.9 Å². The van der Waals surface area contributed by atoms with Crippen molar-refractivity contribution in [2.24, 2.45) is 0 Å². The van der Waals surface area contributed by atoms with Gasteiger partial charge in [-0.15, -0.1) is 6.58 Å². The van der Waals surface area contributed by atoms with Crippen molar-refractivity contribution in [1.29, 1.82) is 0 Å². The highest BCUT2D eigenvalue weighted by Crippen LogP contribution is 2.35. The molecule has 0 N–H and O–H groups in total. The van der Waals surface area contributed by atoms with E-state index in [1.54, 1.807) is 0 Å². The molecular formula is C16H14Br2N2O. The normalized spacial score (nSPS) is 17.7. The first-order valence-corrected chi connectivity index (χ1v) is 8.22. The Labute approximate surface area is 140 Å². The number of nitrogens with zero attached hydrogens (tertiary/aromatic N) is 2. The fourth-order valence-corrected chi connectivity index (χ4v) is 3.61. The Hall–Kier alpha value is -1.33. The quantitative estimate of drug-likeness (QED) is 0.690. The fraction of sp³-hybridized carbons (Fsp3) is 0.188. The molecule has 2 heterocycles. The van der Waals surface area contributed by atoms with E-state index in [2.05, 4.69) is 38.4 Å². The number of rotatable bonds is 3. The Morgan fingerprint density at radius 1 is 1.29 bits per heavy atom. The fourth-order valence-electron chi connectivity index (χ4n) is 2.63. The molecule has 0 fully saturated rings. The summed E-state index contributed by atoms with van der Waals surface area (Å²) in [6, 6.07) is 12.0. The number of carbonyl (C=O) groups is 1. The number of amides is 1. The largest absolute Gasteiger partial charge is 0.331 e. The molecule has 1 amide bonds. The lowest BCUT2D eigenvalue weighted by Crippen LogP contribution is -2.41. The molecule has 0 aliphatic carbocycles. The molecule has 0 saturated heterocycles. The van der Waals surface area contributed by atoms with Crippen molar-refractivity contribution in [1.82, 2.24) is 9.47 Å². The van der Waals surface area contributed by atoms with Crippen LogP contribution in [0.5, 0.6) is 0 Å². The van der Waals surface area contributed by atoms with Crippen LogP contribution in [0.1, 0.15) is 22.1 Å². The van der Waals surface area contributed by atoms with Crippen molar-refractivity contribution in [3.63, 3.8) is 0 Å². The van der Waals surface area contributed by atoms with Crippen LogP contribution in [0.4, 0.5) is 0 Å². The molecule has 3 nitrogen and oxygen atoms in total. The lowest BCUT2D eigenvalue weighted by Gasteiger charge is -2.33. The van der Waals surface area contributed by atoms with E-state index in [1.165, 1.54) is 0 Å². The summed E-state index contributed by atoms with van der Waals surface area (Å²) in [5, 5.41) is 0. The first-order valence-electron chi connectivity index (χ1n) is 6.63. The van der Waals surface area contributed by atoms with Crippen LogP contribution in [0.2, 0.25) is 0 Å². The second-order valence-corrected chi connectivity index (χ2v) is 6.62. The predicted octanol–water partition coefficient (Wildman–Crippen LogP) is 4.40. The van der Waals surface area contributed by atoms with Crippen LogP contribution in [0.25, 0.3) is 0 Å². The number of carbonyl (C=O) groups excluding carboxylic acids is 1. The molecule has 1 aromatic heterocycles. The van der Waals surface area contributed by atoms with Crippen LogP contribution < -0.4 is 0 Å². The van der Waals surface area contributed by atoms with Gasteiger partial charge in [-0.3, -0.25) is 4.79 Å². The van der Waals surface area contributed by atoms with Crippen LogP contribution in [0, 0.1) is 0 Å². The minimum absolute atomic E-state index is 0.0448. The van der Waals surface area contributed by atoms with Crippen LogP contribution in [0.3, 0.4) is 0 Å². The van der Waals surface area contributed by atoms with Gasteiger partial charge in [-0.25, -0.2) is 0 Å². The number of benzene rings is 1. The number of aromatic nitrogens is 1. The predicted molar refractivity (Wildman–Crippen MR) is 90.2 cm³/mol. The van der Waals surface area contributed by atoms with E-state index < -0.39 is 0 Å². The van der Waals surface area contributed by atoms with Gasteiger partial charge in [0.05, 0.1) is 10.5 Å². The second kappa shape index (κ2) is 5.81. The highest BCUT2D eigenvalue weighted by atomic mass is 79.9. The molecular weight excluding hydrogens is 396 g/mol. The van der Waals surface area contributed by atoms with Crippen molar-refractivity contribution in [2.45, 2.75) is 12.6 Å². The Bertz CT molecular complexity index is 694. The molecule has 21 heavy (non-hydrogen) atoms. The van der Waals surface area contributed by atoms with E-state index in [-0.39, 0.29) is 11.9 Å². The van der Waals surface area contributed by atoms with Crippen molar-refractivity contribution in [3.8, 4) is 0 Å². The van der Waals surface area contributed by atoms with E-state index in [1.807, 2.05) is 51.9 Å². The summed E-state index contributed by atoms with van der Waals surface area (Å²) in [6.45, 7) is 5.15. The summed E-state index contributed by atoms with van der Waals surface area (Å²) in [5.41, 5.74) is 1.81. The average molecular weight is 410 g/mol. The van der Waals surface area contributed by atoms with Gasteiger partial charge in [0.15, 0.2) is 0 Å². The van der Waals surface area contributed by atoms with Gasteiger partial charge in [0.25, 0.3) is 5.91 Å². The van der Waals surface area contributed by atoms with Gasteiger partial charge in [-0.1, -0.05) is 36.4 Å². The maximum absolute atomic E-state index is 12.7. The van der Waals surface area contributed by atoms with Crippen molar-refractivity contribution < 1.29 is 4.79 Å². The van der Waals surface area contributed by atoms with E-state index in [9.17, 15) is 4.79 Å². The number of fused-ring (bicyclic) bond motifs is 1. The topological polar surface area (TPSA) is 25.2 Å². The van der Waals surface area contributed by atoms with Gasteiger partial charge in [-0.2, -0.15) is 0 Å². The minimum atomic E-state index is 0.0448. The molecule has 0 radical (unpaired) electrons. The van der Waals surface area contributed by atoms with Gasteiger partial charge in [0, 0.05) is 13.1 Å². The number of hydrogen-bond donors (Lipinski definition) is 0. The highest BCUT2D eigenvalue weighted by Gasteiger charge is 2.32. The Kier molecular flexibility index (Phi) is 4.04. The Balaban J connectivity index is 1.96. The van der Waals surface area contributed by atoms with Gasteiger partial charge >= 0.3 is 0 Å². The van der Waals surface area contributed by atoms with E-state index in [0.29, 0.717) is 18.8 Å². The summed E-state index contributed by atoms with van der Waals surface area (Å²) in [5.74, 6) is 0.0448. The average Bonchev–Trinajstić information content (AvgIpc) is 2.80. The van der Waals surface area contributed by atoms with E-state index in [0.717, 1.165) is 14.6 Å². The summed E-state index contributed by atoms with van der Waals surface area (Å²) < 4.78 is 3.76. The third kappa shape index (κ3) is 2.60. The smallest absolute Gasteiger partial charge is 0.270 e. The third-order valence-electron chi connectivity index (χ3n) is 3.67. The van der Waals surface area contributed by atoms with Crippen molar-refractivity contribution in [3.05, 3.63) is 69.4 Å². The summed E-state index contributed by atoms with van der Waals surface area (Å²) in [6.07, 6.45) is 1.88. The van der Waals surface area contributed by atoms with Gasteiger partial charge < -0.3 is 9.47 Å². The summed E-state index contributed by atoms with van der Waals surface area (Å²) in [7, 11) is 0. The maximum atomic E-state index is 12.7. The molecule has 1 atom stereocenters. The number of halogens is 2. The highest BCUT2D eigenvalue weighted by molar-refractivity contribution is 9.13. The molecule has 108 valence electrons. The SMILES string of the molecule is C=C[C@@H]1CN(Cc2ccccc2)C(=O)c2cc(Br)c(Br)n21. The third-order valence-corrected chi connectivity index (χ3v) is 5.61. The Morgan fingerprint density at radius 3 is 2.67 bits per heavy atom. The van der Waals surface area contributed by atoms with E-state index >= 15 is 0 Å². The summed E-state index contributed by atoms with van der Waals surface area (Å²) >= 11 is 7.00. The second-order valence-electron chi connectivity index (χ2n) is 5.01. The molecule has 1 aromatic carbocycles. The maximum Gasteiger partial charge on any atom is 0.270 e. The van der Waals surface area contributed by atoms with Crippen molar-refractivity contribution >= 4 is 37.8 Å². The Morgan fingerprint density at radius 2 is 2.00 bits per heavy atom. The van der Waals surface area contributed by atoms with Gasteiger partial charge in [-0.05, 0) is 43.5 Å². The van der Waals surface area contributed by atoms with Crippen LogP contribution >= 0.6 is 31.9 Å². The zero-order valence-corrected chi connectivity index (χ0v) is 14.5. The molecule has 1 aliphatic heterocycles. The van der Waals surface area contributed by atoms with Crippen LogP contribution in [0.15, 0.2) is 58.1 Å². The molecule has 1 aliphatic rings. The first-order chi connectivity index (χ1) is 10.1. The molecule has 0 spiro atoms. The zero-order valence-electron chi connectivity index (χ0n) is 11.3. The molecule has 3 rings (SSSR count). The van der Waals surface area contributed by atoms with Gasteiger partial charge in [0.2, 0.25) is 0 Å². The molecule has 5 heteroatoms.